The number of nitrogens with one attached hydrogen (secondary N) is 1. The quantitative estimate of drug-likeness (QED) is 0.929. The molecule has 4 heteroatoms. The lowest BCUT2D eigenvalue weighted by Gasteiger charge is -2.35. The number of rotatable bonds is 4. The molecular formula is C16H21N3O. The Balaban J connectivity index is 2.00. The topological polar surface area (TPSA) is 39.1 Å². The molecule has 0 bridgehead atoms. The number of nitrogens with zero attached hydrogens (tertiary/aromatic N) is 2. The average molecular weight is 271 g/mol. The summed E-state index contributed by atoms with van der Waals surface area (Å²) in [5, 5.41) is 3.60. The monoisotopic (exact) mass is 271 g/mol. The summed E-state index contributed by atoms with van der Waals surface area (Å²) < 4.78 is 8.20. The van der Waals surface area contributed by atoms with Gasteiger partial charge in [0.1, 0.15) is 18.2 Å². The third-order valence-corrected chi connectivity index (χ3v) is 3.89. The molecule has 1 aliphatic heterocycles. The van der Waals surface area contributed by atoms with Crippen LogP contribution in [0.1, 0.15) is 37.3 Å². The first kappa shape index (κ1) is 13.2. The first-order valence-electron chi connectivity index (χ1n) is 7.32. The number of hydrogen-bond donors (Lipinski definition) is 1. The molecule has 1 aromatic carbocycles. The number of benzene rings is 1. The molecule has 1 N–H and O–H groups in total. The van der Waals surface area contributed by atoms with Crippen LogP contribution in [0.4, 0.5) is 0 Å². The van der Waals surface area contributed by atoms with Crippen molar-refractivity contribution in [3.8, 4) is 5.75 Å². The Labute approximate surface area is 119 Å². The number of fused-ring (bicyclic) bond motifs is 1. The van der Waals surface area contributed by atoms with Crippen LogP contribution in [-0.4, -0.2) is 22.7 Å². The molecule has 2 atom stereocenters. The molecular weight excluding hydrogens is 250 g/mol. The molecule has 0 saturated heterocycles. The van der Waals surface area contributed by atoms with E-state index in [1.807, 2.05) is 18.3 Å². The summed E-state index contributed by atoms with van der Waals surface area (Å²) in [6.07, 6.45) is 4.87. The highest BCUT2D eigenvalue weighted by Crippen LogP contribution is 2.38. The van der Waals surface area contributed by atoms with Crippen LogP contribution in [-0.2, 0) is 6.42 Å². The van der Waals surface area contributed by atoms with Gasteiger partial charge in [0, 0.05) is 24.4 Å². The minimum absolute atomic E-state index is 0.252. The SMILES string of the molecule is CCNC1c2ccccc2OCC1n1ccnc1CC. The van der Waals surface area contributed by atoms with Gasteiger partial charge in [0.25, 0.3) is 0 Å². The van der Waals surface area contributed by atoms with E-state index in [1.54, 1.807) is 0 Å². The third kappa shape index (κ3) is 2.20. The van der Waals surface area contributed by atoms with Crippen molar-refractivity contribution in [3.63, 3.8) is 0 Å². The first-order chi connectivity index (χ1) is 9.85. The molecule has 0 spiro atoms. The predicted molar refractivity (Wildman–Crippen MR) is 79.0 cm³/mol. The number of imidazole rings is 1. The fourth-order valence-corrected chi connectivity index (χ4v) is 2.97. The molecule has 0 fully saturated rings. The van der Waals surface area contributed by atoms with Crippen LogP contribution in [0.5, 0.6) is 5.75 Å². The van der Waals surface area contributed by atoms with Gasteiger partial charge >= 0.3 is 0 Å². The summed E-state index contributed by atoms with van der Waals surface area (Å²) in [4.78, 5) is 4.44. The Kier molecular flexibility index (Phi) is 3.74. The van der Waals surface area contributed by atoms with Gasteiger partial charge < -0.3 is 14.6 Å². The van der Waals surface area contributed by atoms with Crippen molar-refractivity contribution in [2.45, 2.75) is 32.4 Å². The van der Waals surface area contributed by atoms with Gasteiger partial charge in [0.15, 0.2) is 0 Å². The van der Waals surface area contributed by atoms with Gasteiger partial charge in [-0.15, -0.1) is 0 Å². The molecule has 20 heavy (non-hydrogen) atoms. The fourth-order valence-electron chi connectivity index (χ4n) is 2.97. The zero-order valence-corrected chi connectivity index (χ0v) is 12.0. The second kappa shape index (κ2) is 5.67. The Hall–Kier alpha value is -1.81. The number of hydrogen-bond acceptors (Lipinski definition) is 3. The summed E-state index contributed by atoms with van der Waals surface area (Å²) in [6.45, 7) is 5.90. The first-order valence-corrected chi connectivity index (χ1v) is 7.32. The maximum Gasteiger partial charge on any atom is 0.124 e. The molecule has 2 aromatic rings. The highest BCUT2D eigenvalue weighted by Gasteiger charge is 2.32. The summed E-state index contributed by atoms with van der Waals surface area (Å²) in [5.41, 5.74) is 1.24. The molecule has 1 aromatic heterocycles. The largest absolute Gasteiger partial charge is 0.491 e. The van der Waals surface area contributed by atoms with E-state index in [0.29, 0.717) is 6.61 Å². The van der Waals surface area contributed by atoms with Crippen LogP contribution in [0, 0.1) is 0 Å². The van der Waals surface area contributed by atoms with E-state index in [1.165, 1.54) is 5.56 Å². The van der Waals surface area contributed by atoms with Crippen molar-refractivity contribution in [1.29, 1.82) is 0 Å². The number of ether oxygens (including phenoxy) is 1. The molecule has 0 aliphatic carbocycles. The van der Waals surface area contributed by atoms with Gasteiger partial charge in [0.05, 0.1) is 12.1 Å². The second-order valence-corrected chi connectivity index (χ2v) is 5.06. The number of likely N-dealkylation sites (N-methyl/N-ethyl adjacent to an activating group) is 1. The summed E-state index contributed by atoms with van der Waals surface area (Å²) in [5.74, 6) is 2.11. The van der Waals surface area contributed by atoms with E-state index in [2.05, 4.69) is 47.0 Å². The van der Waals surface area contributed by atoms with Gasteiger partial charge in [-0.25, -0.2) is 4.98 Å². The summed E-state index contributed by atoms with van der Waals surface area (Å²) >= 11 is 0. The van der Waals surface area contributed by atoms with Crippen molar-refractivity contribution < 1.29 is 4.74 Å². The van der Waals surface area contributed by atoms with Crippen LogP contribution >= 0.6 is 0 Å². The predicted octanol–water partition coefficient (Wildman–Crippen LogP) is 2.73. The Bertz CT molecular complexity index is 579. The minimum Gasteiger partial charge on any atom is -0.491 e. The van der Waals surface area contributed by atoms with Crippen LogP contribution in [0.2, 0.25) is 0 Å². The van der Waals surface area contributed by atoms with Crippen molar-refractivity contribution in [2.75, 3.05) is 13.2 Å². The van der Waals surface area contributed by atoms with Crippen LogP contribution in [0.25, 0.3) is 0 Å². The molecule has 2 heterocycles. The molecule has 4 nitrogen and oxygen atoms in total. The van der Waals surface area contributed by atoms with E-state index in [-0.39, 0.29) is 12.1 Å². The normalized spacial score (nSPS) is 21.3. The van der Waals surface area contributed by atoms with Gasteiger partial charge in [0.2, 0.25) is 0 Å². The lowest BCUT2D eigenvalue weighted by Crippen LogP contribution is -2.37. The lowest BCUT2D eigenvalue weighted by molar-refractivity contribution is 0.178. The van der Waals surface area contributed by atoms with E-state index >= 15 is 0 Å². The highest BCUT2D eigenvalue weighted by atomic mass is 16.5. The Morgan fingerprint density at radius 3 is 3.00 bits per heavy atom. The Morgan fingerprint density at radius 1 is 1.35 bits per heavy atom. The maximum atomic E-state index is 5.95. The van der Waals surface area contributed by atoms with Gasteiger partial charge in [-0.05, 0) is 12.6 Å². The van der Waals surface area contributed by atoms with Gasteiger partial charge in [-0.2, -0.15) is 0 Å². The average Bonchev–Trinajstić information content (AvgIpc) is 2.96. The second-order valence-electron chi connectivity index (χ2n) is 5.06. The summed E-state index contributed by atoms with van der Waals surface area (Å²) in [6, 6.07) is 8.81. The molecule has 0 saturated carbocycles. The smallest absolute Gasteiger partial charge is 0.124 e. The Morgan fingerprint density at radius 2 is 2.20 bits per heavy atom. The molecule has 0 amide bonds. The maximum absolute atomic E-state index is 5.95. The zero-order valence-electron chi connectivity index (χ0n) is 12.0. The van der Waals surface area contributed by atoms with Crippen molar-refractivity contribution in [3.05, 3.63) is 48.0 Å². The van der Waals surface area contributed by atoms with E-state index in [4.69, 9.17) is 4.74 Å². The zero-order chi connectivity index (χ0) is 13.9. The minimum atomic E-state index is 0.252. The van der Waals surface area contributed by atoms with Crippen molar-refractivity contribution >= 4 is 0 Å². The van der Waals surface area contributed by atoms with Crippen molar-refractivity contribution in [1.82, 2.24) is 14.9 Å². The number of para-hydroxylation sites is 1. The third-order valence-electron chi connectivity index (χ3n) is 3.89. The molecule has 1 aliphatic rings. The highest BCUT2D eigenvalue weighted by molar-refractivity contribution is 5.38. The number of aryl methyl sites for hydroxylation is 1. The van der Waals surface area contributed by atoms with Gasteiger partial charge in [-0.3, -0.25) is 0 Å². The standard InChI is InChI=1S/C16H21N3O/c1-3-15-18-9-10-19(15)13-11-20-14-8-6-5-7-12(14)16(13)17-4-2/h5-10,13,16-17H,3-4,11H2,1-2H3. The van der Waals surface area contributed by atoms with Crippen LogP contribution in [0.15, 0.2) is 36.7 Å². The lowest BCUT2D eigenvalue weighted by atomic mass is 9.96. The molecule has 106 valence electrons. The molecule has 0 radical (unpaired) electrons. The van der Waals surface area contributed by atoms with E-state index < -0.39 is 0 Å². The van der Waals surface area contributed by atoms with Gasteiger partial charge in [-0.1, -0.05) is 32.0 Å². The van der Waals surface area contributed by atoms with Crippen LogP contribution in [0.3, 0.4) is 0 Å². The fraction of sp³-hybridized carbons (Fsp3) is 0.438. The van der Waals surface area contributed by atoms with E-state index in [0.717, 1.165) is 24.5 Å². The van der Waals surface area contributed by atoms with Crippen molar-refractivity contribution in [2.24, 2.45) is 0 Å². The molecule has 2 unspecified atom stereocenters. The van der Waals surface area contributed by atoms with E-state index in [9.17, 15) is 0 Å². The molecule has 3 rings (SSSR count). The number of aromatic nitrogens is 2. The summed E-state index contributed by atoms with van der Waals surface area (Å²) in [7, 11) is 0. The van der Waals surface area contributed by atoms with Crippen LogP contribution < -0.4 is 10.1 Å².